The molecule has 2 aliphatic rings. The van der Waals surface area contributed by atoms with E-state index in [-0.39, 0.29) is 31.1 Å². The predicted octanol–water partition coefficient (Wildman–Crippen LogP) is 1.88. The Bertz CT molecular complexity index is 843. The summed E-state index contributed by atoms with van der Waals surface area (Å²) < 4.78 is 4.64. The summed E-state index contributed by atoms with van der Waals surface area (Å²) >= 11 is 0. The Morgan fingerprint density at radius 1 is 1.00 bits per heavy atom. The van der Waals surface area contributed by atoms with Crippen LogP contribution < -0.4 is 9.80 Å². The molecular formula is C20H22N2O6. The molecule has 1 saturated heterocycles. The zero-order valence-corrected chi connectivity index (χ0v) is 15.6. The topological polar surface area (TPSA) is 104 Å². The van der Waals surface area contributed by atoms with Crippen LogP contribution in [0.25, 0.3) is 0 Å². The van der Waals surface area contributed by atoms with E-state index in [4.69, 9.17) is 0 Å². The molecule has 8 nitrogen and oxygen atoms in total. The van der Waals surface area contributed by atoms with Gasteiger partial charge in [0, 0.05) is 30.9 Å². The van der Waals surface area contributed by atoms with Gasteiger partial charge in [-0.1, -0.05) is 0 Å². The van der Waals surface area contributed by atoms with Gasteiger partial charge in [-0.3, -0.25) is 14.4 Å². The van der Waals surface area contributed by atoms with E-state index in [1.165, 1.54) is 4.90 Å². The SMILES string of the molecule is CCOC(=O)C(=O)C1=C(O)C(=O)N(c2ccc(N3CCCCC3=O)cc2)CC1. The number of hydrogen-bond donors (Lipinski definition) is 1. The highest BCUT2D eigenvalue weighted by Gasteiger charge is 2.34. The Hall–Kier alpha value is -3.16. The number of esters is 1. The van der Waals surface area contributed by atoms with E-state index in [0.29, 0.717) is 18.7 Å². The fourth-order valence-corrected chi connectivity index (χ4v) is 3.38. The Balaban J connectivity index is 1.77. The van der Waals surface area contributed by atoms with Crippen LogP contribution in [-0.2, 0) is 23.9 Å². The first kappa shape index (κ1) is 19.6. The second-order valence-corrected chi connectivity index (χ2v) is 6.60. The summed E-state index contributed by atoms with van der Waals surface area (Å²) in [6, 6.07) is 6.90. The second-order valence-electron chi connectivity index (χ2n) is 6.60. The van der Waals surface area contributed by atoms with E-state index < -0.39 is 23.4 Å². The van der Waals surface area contributed by atoms with Crippen LogP contribution in [0.1, 0.15) is 32.6 Å². The zero-order valence-electron chi connectivity index (χ0n) is 15.6. The molecule has 1 fully saturated rings. The number of Topliss-reactive ketones (excluding diaryl/α,β-unsaturated/α-hetero) is 1. The van der Waals surface area contributed by atoms with Gasteiger partial charge in [0.25, 0.3) is 11.7 Å². The van der Waals surface area contributed by atoms with Gasteiger partial charge in [-0.2, -0.15) is 0 Å². The number of aliphatic hydroxyl groups is 1. The molecule has 2 heterocycles. The van der Waals surface area contributed by atoms with Gasteiger partial charge in [0.1, 0.15) is 0 Å². The summed E-state index contributed by atoms with van der Waals surface area (Å²) in [5, 5.41) is 10.2. The number of rotatable bonds is 5. The van der Waals surface area contributed by atoms with Crippen LogP contribution in [0.3, 0.4) is 0 Å². The second kappa shape index (κ2) is 8.24. The van der Waals surface area contributed by atoms with Gasteiger partial charge >= 0.3 is 5.97 Å². The minimum Gasteiger partial charge on any atom is -0.503 e. The van der Waals surface area contributed by atoms with Crippen molar-refractivity contribution in [1.29, 1.82) is 0 Å². The fraction of sp³-hybridized carbons (Fsp3) is 0.400. The lowest BCUT2D eigenvalue weighted by molar-refractivity contribution is -0.152. The minimum atomic E-state index is -1.08. The molecule has 0 radical (unpaired) electrons. The predicted molar refractivity (Wildman–Crippen MR) is 101 cm³/mol. The van der Waals surface area contributed by atoms with Crippen molar-refractivity contribution < 1.29 is 29.0 Å². The lowest BCUT2D eigenvalue weighted by Gasteiger charge is -2.29. The molecule has 148 valence electrons. The number of piperidine rings is 1. The highest BCUT2D eigenvalue weighted by atomic mass is 16.5. The lowest BCUT2D eigenvalue weighted by Crippen LogP contribution is -2.40. The molecule has 0 atom stereocenters. The molecule has 1 aromatic carbocycles. The largest absolute Gasteiger partial charge is 0.503 e. The molecule has 1 aromatic rings. The number of anilines is 2. The first-order valence-corrected chi connectivity index (χ1v) is 9.30. The average Bonchev–Trinajstić information content (AvgIpc) is 2.70. The minimum absolute atomic E-state index is 0.0323. The molecule has 0 unspecified atom stereocenters. The quantitative estimate of drug-likeness (QED) is 0.612. The third-order valence-electron chi connectivity index (χ3n) is 4.85. The molecule has 0 bridgehead atoms. The van der Waals surface area contributed by atoms with Crippen molar-refractivity contribution in [3.63, 3.8) is 0 Å². The maximum atomic E-state index is 12.5. The zero-order chi connectivity index (χ0) is 20.3. The van der Waals surface area contributed by atoms with Crippen molar-refractivity contribution in [2.75, 3.05) is 29.5 Å². The van der Waals surface area contributed by atoms with E-state index in [2.05, 4.69) is 4.74 Å². The summed E-state index contributed by atoms with van der Waals surface area (Å²) in [6.07, 6.45) is 2.42. The number of amides is 2. The fourth-order valence-electron chi connectivity index (χ4n) is 3.38. The summed E-state index contributed by atoms with van der Waals surface area (Å²) in [5.41, 5.74) is 1.07. The van der Waals surface area contributed by atoms with Gasteiger partial charge < -0.3 is 19.6 Å². The first-order valence-electron chi connectivity index (χ1n) is 9.30. The molecule has 0 aliphatic carbocycles. The van der Waals surface area contributed by atoms with Gasteiger partial charge in [-0.05, 0) is 50.5 Å². The van der Waals surface area contributed by atoms with Crippen molar-refractivity contribution in [1.82, 2.24) is 0 Å². The van der Waals surface area contributed by atoms with E-state index in [1.807, 2.05) is 0 Å². The smallest absolute Gasteiger partial charge is 0.379 e. The maximum absolute atomic E-state index is 12.5. The molecular weight excluding hydrogens is 364 g/mol. The summed E-state index contributed by atoms with van der Waals surface area (Å²) in [5.74, 6) is -3.48. The third kappa shape index (κ3) is 3.76. The van der Waals surface area contributed by atoms with Crippen molar-refractivity contribution in [3.8, 4) is 0 Å². The van der Waals surface area contributed by atoms with E-state index in [9.17, 15) is 24.3 Å². The number of carbonyl (C=O) groups excluding carboxylic acids is 4. The number of ether oxygens (including phenoxy) is 1. The molecule has 2 aliphatic heterocycles. The molecule has 1 N–H and O–H groups in total. The van der Waals surface area contributed by atoms with Crippen LogP contribution in [0.4, 0.5) is 11.4 Å². The van der Waals surface area contributed by atoms with Crippen LogP contribution in [0.15, 0.2) is 35.6 Å². The molecule has 3 rings (SSSR count). The molecule has 2 amide bonds. The van der Waals surface area contributed by atoms with Gasteiger partial charge in [-0.25, -0.2) is 4.79 Å². The molecule has 28 heavy (non-hydrogen) atoms. The molecule has 0 saturated carbocycles. The number of aliphatic hydroxyl groups excluding tert-OH is 1. The monoisotopic (exact) mass is 386 g/mol. The normalized spacial score (nSPS) is 17.8. The number of ketones is 1. The van der Waals surface area contributed by atoms with E-state index >= 15 is 0 Å². The number of hydrogen-bond acceptors (Lipinski definition) is 6. The Morgan fingerprint density at radius 2 is 1.64 bits per heavy atom. The van der Waals surface area contributed by atoms with Crippen LogP contribution >= 0.6 is 0 Å². The van der Waals surface area contributed by atoms with Gasteiger partial charge in [-0.15, -0.1) is 0 Å². The van der Waals surface area contributed by atoms with Gasteiger partial charge in [0.2, 0.25) is 5.91 Å². The van der Waals surface area contributed by atoms with Crippen molar-refractivity contribution in [2.24, 2.45) is 0 Å². The Kier molecular flexibility index (Phi) is 5.77. The molecule has 0 spiro atoms. The highest BCUT2D eigenvalue weighted by molar-refractivity contribution is 6.41. The standard InChI is InChI=1S/C20H22N2O6/c1-2-28-20(27)18(25)15-10-12-22(19(26)17(15)24)14-8-6-13(7-9-14)21-11-4-3-5-16(21)23/h6-9,24H,2-5,10-12H2,1H3. The average molecular weight is 386 g/mol. The summed E-state index contributed by atoms with van der Waals surface area (Å²) in [6.45, 7) is 2.41. The van der Waals surface area contributed by atoms with Crippen LogP contribution in [0, 0.1) is 0 Å². The van der Waals surface area contributed by atoms with Gasteiger partial charge in [0.05, 0.1) is 12.2 Å². The van der Waals surface area contributed by atoms with Crippen molar-refractivity contribution in [3.05, 3.63) is 35.6 Å². The number of carbonyl (C=O) groups is 4. The third-order valence-corrected chi connectivity index (χ3v) is 4.85. The van der Waals surface area contributed by atoms with E-state index in [0.717, 1.165) is 18.5 Å². The van der Waals surface area contributed by atoms with Gasteiger partial charge in [0.15, 0.2) is 5.76 Å². The Morgan fingerprint density at radius 3 is 2.25 bits per heavy atom. The van der Waals surface area contributed by atoms with Crippen molar-refractivity contribution in [2.45, 2.75) is 32.6 Å². The number of nitrogens with zero attached hydrogens (tertiary/aromatic N) is 2. The van der Waals surface area contributed by atoms with Crippen LogP contribution in [0.5, 0.6) is 0 Å². The summed E-state index contributed by atoms with van der Waals surface area (Å²) in [7, 11) is 0. The highest BCUT2D eigenvalue weighted by Crippen LogP contribution is 2.28. The molecule has 0 aromatic heterocycles. The van der Waals surface area contributed by atoms with E-state index in [1.54, 1.807) is 36.1 Å². The van der Waals surface area contributed by atoms with Crippen LogP contribution in [-0.4, -0.2) is 48.4 Å². The van der Waals surface area contributed by atoms with Crippen LogP contribution in [0.2, 0.25) is 0 Å². The Labute approximate surface area is 162 Å². The summed E-state index contributed by atoms with van der Waals surface area (Å²) in [4.78, 5) is 51.2. The molecule has 8 heteroatoms. The maximum Gasteiger partial charge on any atom is 0.379 e. The first-order chi connectivity index (χ1) is 13.4. The lowest BCUT2D eigenvalue weighted by atomic mass is 10.0. The van der Waals surface area contributed by atoms with Crippen molar-refractivity contribution >= 4 is 34.9 Å². The number of benzene rings is 1.